The topological polar surface area (TPSA) is 49.6 Å². The number of allylic oxidation sites excluding steroid dienone is 1. The number of hydrogen-bond donors (Lipinski definition) is 0. The number of nitrogens with zero attached hydrogens (tertiary/aromatic N) is 3. The number of hydrogen-bond acceptors (Lipinski definition) is 3. The predicted octanol–water partition coefficient (Wildman–Crippen LogP) is 3.09. The van der Waals surface area contributed by atoms with Crippen LogP contribution < -0.4 is 0 Å². The van der Waals surface area contributed by atoms with E-state index in [2.05, 4.69) is 36.5 Å². The molecule has 0 saturated carbocycles. The summed E-state index contributed by atoms with van der Waals surface area (Å²) in [5.74, 6) is 0.633. The van der Waals surface area contributed by atoms with E-state index in [9.17, 15) is 0 Å². The SMILES string of the molecule is C=C(C)c1nc(CC#N)nc2c1CC(C)(C)CC2. The van der Waals surface area contributed by atoms with Crippen molar-refractivity contribution in [3.63, 3.8) is 0 Å². The molecular weight excluding hydrogens is 222 g/mol. The van der Waals surface area contributed by atoms with Gasteiger partial charge in [-0.15, -0.1) is 0 Å². The Labute approximate surface area is 109 Å². The van der Waals surface area contributed by atoms with Crippen molar-refractivity contribution in [2.24, 2.45) is 5.41 Å². The molecule has 0 aromatic carbocycles. The van der Waals surface area contributed by atoms with E-state index in [1.165, 1.54) is 5.56 Å². The van der Waals surface area contributed by atoms with E-state index >= 15 is 0 Å². The molecule has 18 heavy (non-hydrogen) atoms. The zero-order valence-electron chi connectivity index (χ0n) is 11.4. The van der Waals surface area contributed by atoms with Crippen molar-refractivity contribution in [2.45, 2.75) is 46.5 Å². The van der Waals surface area contributed by atoms with Crippen LogP contribution >= 0.6 is 0 Å². The van der Waals surface area contributed by atoms with Gasteiger partial charge >= 0.3 is 0 Å². The standard InChI is InChI=1S/C15H19N3/c1-10(2)14-11-9-15(3,4)7-5-12(11)17-13(18-14)6-8-16/h1,5-7,9H2,2-4H3. The van der Waals surface area contributed by atoms with Crippen LogP contribution in [0.2, 0.25) is 0 Å². The van der Waals surface area contributed by atoms with E-state index in [4.69, 9.17) is 5.26 Å². The van der Waals surface area contributed by atoms with Crippen LogP contribution in [-0.2, 0) is 19.3 Å². The van der Waals surface area contributed by atoms with E-state index in [0.717, 1.165) is 36.2 Å². The Bertz CT molecular complexity index is 535. The fourth-order valence-electron chi connectivity index (χ4n) is 2.50. The van der Waals surface area contributed by atoms with Gasteiger partial charge in [0.25, 0.3) is 0 Å². The third-order valence-electron chi connectivity index (χ3n) is 3.47. The first-order valence-electron chi connectivity index (χ1n) is 6.34. The normalized spacial score (nSPS) is 16.8. The Kier molecular flexibility index (Phi) is 3.21. The fraction of sp³-hybridized carbons (Fsp3) is 0.533. The van der Waals surface area contributed by atoms with Crippen molar-refractivity contribution in [3.8, 4) is 6.07 Å². The van der Waals surface area contributed by atoms with Crippen LogP contribution in [0.5, 0.6) is 0 Å². The summed E-state index contributed by atoms with van der Waals surface area (Å²) in [6, 6.07) is 2.12. The lowest BCUT2D eigenvalue weighted by Gasteiger charge is -2.31. The van der Waals surface area contributed by atoms with Gasteiger partial charge < -0.3 is 0 Å². The number of rotatable bonds is 2. The molecule has 1 heterocycles. The van der Waals surface area contributed by atoms with Crippen LogP contribution in [0, 0.1) is 16.7 Å². The smallest absolute Gasteiger partial charge is 0.143 e. The van der Waals surface area contributed by atoms with Crippen molar-refractivity contribution < 1.29 is 0 Å². The molecule has 0 atom stereocenters. The first-order chi connectivity index (χ1) is 8.43. The zero-order valence-corrected chi connectivity index (χ0v) is 11.4. The Hall–Kier alpha value is -1.69. The molecule has 1 aromatic rings. The minimum Gasteiger partial charge on any atom is -0.237 e. The second kappa shape index (κ2) is 4.53. The van der Waals surface area contributed by atoms with Gasteiger partial charge in [-0.2, -0.15) is 5.26 Å². The van der Waals surface area contributed by atoms with Crippen LogP contribution in [0.4, 0.5) is 0 Å². The Morgan fingerprint density at radius 1 is 1.44 bits per heavy atom. The quantitative estimate of drug-likeness (QED) is 0.799. The summed E-state index contributed by atoms with van der Waals surface area (Å²) in [5.41, 5.74) is 4.58. The Balaban J connectivity index is 2.54. The van der Waals surface area contributed by atoms with Gasteiger partial charge in [0, 0.05) is 11.3 Å². The average molecular weight is 241 g/mol. The molecule has 3 nitrogen and oxygen atoms in total. The summed E-state index contributed by atoms with van der Waals surface area (Å²) in [5, 5.41) is 8.78. The number of aromatic nitrogens is 2. The first kappa shape index (κ1) is 12.8. The van der Waals surface area contributed by atoms with Gasteiger partial charge in [0.1, 0.15) is 5.82 Å². The van der Waals surface area contributed by atoms with Gasteiger partial charge in [0.2, 0.25) is 0 Å². The monoisotopic (exact) mass is 241 g/mol. The molecule has 2 rings (SSSR count). The summed E-state index contributed by atoms with van der Waals surface area (Å²) >= 11 is 0. The molecule has 0 radical (unpaired) electrons. The fourth-order valence-corrected chi connectivity index (χ4v) is 2.50. The van der Waals surface area contributed by atoms with Gasteiger partial charge in [-0.25, -0.2) is 9.97 Å². The lowest BCUT2D eigenvalue weighted by atomic mass is 9.75. The van der Waals surface area contributed by atoms with Gasteiger partial charge in [0.05, 0.1) is 18.2 Å². The molecule has 3 heteroatoms. The lowest BCUT2D eigenvalue weighted by Crippen LogP contribution is -2.25. The number of fused-ring (bicyclic) bond motifs is 1. The van der Waals surface area contributed by atoms with Crippen molar-refractivity contribution >= 4 is 5.57 Å². The van der Waals surface area contributed by atoms with Crippen LogP contribution in [0.25, 0.3) is 5.57 Å². The molecule has 0 aliphatic heterocycles. The molecule has 1 aromatic heterocycles. The highest BCUT2D eigenvalue weighted by Crippen LogP contribution is 2.36. The maximum absolute atomic E-state index is 8.78. The van der Waals surface area contributed by atoms with E-state index < -0.39 is 0 Å². The zero-order chi connectivity index (χ0) is 13.3. The molecule has 0 bridgehead atoms. The first-order valence-corrected chi connectivity index (χ1v) is 6.34. The van der Waals surface area contributed by atoms with Crippen molar-refractivity contribution in [3.05, 3.63) is 29.4 Å². The molecule has 0 unspecified atom stereocenters. The van der Waals surface area contributed by atoms with Crippen LogP contribution in [-0.4, -0.2) is 9.97 Å². The number of nitriles is 1. The molecule has 94 valence electrons. The minimum atomic E-state index is 0.275. The van der Waals surface area contributed by atoms with Crippen molar-refractivity contribution in [1.82, 2.24) is 9.97 Å². The van der Waals surface area contributed by atoms with Gasteiger partial charge in [0.15, 0.2) is 0 Å². The summed E-state index contributed by atoms with van der Waals surface area (Å²) < 4.78 is 0. The van der Waals surface area contributed by atoms with E-state index in [1.807, 2.05) is 6.92 Å². The average Bonchev–Trinajstić information content (AvgIpc) is 2.28. The van der Waals surface area contributed by atoms with Gasteiger partial charge in [-0.1, -0.05) is 20.4 Å². The van der Waals surface area contributed by atoms with Crippen molar-refractivity contribution in [1.29, 1.82) is 5.26 Å². The molecule has 0 spiro atoms. The van der Waals surface area contributed by atoms with Crippen LogP contribution in [0.3, 0.4) is 0 Å². The highest BCUT2D eigenvalue weighted by atomic mass is 14.9. The number of aryl methyl sites for hydroxylation is 1. The molecule has 1 aliphatic carbocycles. The van der Waals surface area contributed by atoms with Crippen LogP contribution in [0.15, 0.2) is 6.58 Å². The summed E-state index contributed by atoms with van der Waals surface area (Å²) in [6.45, 7) is 10.5. The highest BCUT2D eigenvalue weighted by Gasteiger charge is 2.29. The summed E-state index contributed by atoms with van der Waals surface area (Å²) in [6.07, 6.45) is 3.39. The largest absolute Gasteiger partial charge is 0.237 e. The second-order valence-corrected chi connectivity index (χ2v) is 5.87. The predicted molar refractivity (Wildman–Crippen MR) is 71.9 cm³/mol. The lowest BCUT2D eigenvalue weighted by molar-refractivity contribution is 0.310. The van der Waals surface area contributed by atoms with E-state index in [1.54, 1.807) is 0 Å². The third-order valence-corrected chi connectivity index (χ3v) is 3.47. The minimum absolute atomic E-state index is 0.275. The van der Waals surface area contributed by atoms with Crippen molar-refractivity contribution in [2.75, 3.05) is 0 Å². The van der Waals surface area contributed by atoms with Crippen LogP contribution in [0.1, 0.15) is 50.0 Å². The maximum atomic E-state index is 8.78. The second-order valence-electron chi connectivity index (χ2n) is 5.87. The van der Waals surface area contributed by atoms with Gasteiger partial charge in [-0.3, -0.25) is 0 Å². The third kappa shape index (κ3) is 2.43. The van der Waals surface area contributed by atoms with E-state index in [0.29, 0.717) is 11.2 Å². The Morgan fingerprint density at radius 2 is 2.17 bits per heavy atom. The maximum Gasteiger partial charge on any atom is 0.143 e. The van der Waals surface area contributed by atoms with Gasteiger partial charge in [-0.05, 0) is 37.2 Å². The Morgan fingerprint density at radius 3 is 2.78 bits per heavy atom. The highest BCUT2D eigenvalue weighted by molar-refractivity contribution is 5.62. The summed E-state index contributed by atoms with van der Waals surface area (Å²) in [4.78, 5) is 9.04. The molecule has 0 N–H and O–H groups in total. The molecule has 0 amide bonds. The molecule has 1 aliphatic rings. The molecule has 0 fully saturated rings. The molecular formula is C15H19N3. The van der Waals surface area contributed by atoms with E-state index in [-0.39, 0.29) is 6.42 Å². The summed E-state index contributed by atoms with van der Waals surface area (Å²) in [7, 11) is 0. The molecule has 0 saturated heterocycles.